The fourth-order valence-electron chi connectivity index (χ4n) is 1.06. The minimum Gasteiger partial charge on any atom is -0.478 e. The lowest BCUT2D eigenvalue weighted by molar-refractivity contribution is -0.143. The van der Waals surface area contributed by atoms with Gasteiger partial charge in [-0.05, 0) is 22.6 Å². The van der Waals surface area contributed by atoms with Crippen LogP contribution in [0.1, 0.15) is 5.69 Å². The van der Waals surface area contributed by atoms with Crippen molar-refractivity contribution in [3.8, 4) is 0 Å². The number of hydrogen-bond donors (Lipinski definition) is 1. The molecule has 2 rings (SSSR count). The SMILES string of the molecule is O=C(O)C1(c2ccccn2)N=NN=N1. The molecule has 7 heteroatoms. The molecule has 0 atom stereocenters. The summed E-state index contributed by atoms with van der Waals surface area (Å²) in [6.07, 6.45) is 1.46. The lowest BCUT2D eigenvalue weighted by atomic mass is 10.1. The Morgan fingerprint density at radius 3 is 2.50 bits per heavy atom. The number of carboxylic acids is 1. The van der Waals surface area contributed by atoms with Gasteiger partial charge in [0.1, 0.15) is 5.69 Å². The fourth-order valence-corrected chi connectivity index (χ4v) is 1.06. The first-order valence-corrected chi connectivity index (χ1v) is 3.75. The van der Waals surface area contributed by atoms with Crippen molar-refractivity contribution in [1.82, 2.24) is 4.98 Å². The van der Waals surface area contributed by atoms with Crippen molar-refractivity contribution in [2.24, 2.45) is 20.7 Å². The van der Waals surface area contributed by atoms with Gasteiger partial charge in [0.25, 0.3) is 0 Å². The molecule has 0 saturated carbocycles. The molecular formula is C7H5N5O2. The highest BCUT2D eigenvalue weighted by Crippen LogP contribution is 2.30. The quantitative estimate of drug-likeness (QED) is 0.758. The monoisotopic (exact) mass is 191 g/mol. The van der Waals surface area contributed by atoms with Crippen LogP contribution in [0.3, 0.4) is 0 Å². The number of aliphatic carboxylic acids is 1. The first-order valence-electron chi connectivity index (χ1n) is 3.75. The molecule has 1 aliphatic heterocycles. The van der Waals surface area contributed by atoms with E-state index in [1.165, 1.54) is 12.3 Å². The van der Waals surface area contributed by atoms with Crippen LogP contribution in [0.2, 0.25) is 0 Å². The molecule has 14 heavy (non-hydrogen) atoms. The zero-order valence-corrected chi connectivity index (χ0v) is 6.90. The van der Waals surface area contributed by atoms with Crippen LogP contribution in [-0.2, 0) is 10.5 Å². The summed E-state index contributed by atoms with van der Waals surface area (Å²) in [5.41, 5.74) is -1.60. The van der Waals surface area contributed by atoms with Crippen LogP contribution in [0.4, 0.5) is 0 Å². The van der Waals surface area contributed by atoms with Gasteiger partial charge in [-0.1, -0.05) is 6.07 Å². The highest BCUT2D eigenvalue weighted by Gasteiger charge is 2.45. The van der Waals surface area contributed by atoms with Crippen LogP contribution < -0.4 is 0 Å². The topological polar surface area (TPSA) is 99.6 Å². The molecule has 1 aromatic rings. The third-order valence-electron chi connectivity index (χ3n) is 1.74. The van der Waals surface area contributed by atoms with Gasteiger partial charge < -0.3 is 5.11 Å². The molecule has 1 aromatic heterocycles. The summed E-state index contributed by atoms with van der Waals surface area (Å²) in [6.45, 7) is 0. The summed E-state index contributed by atoms with van der Waals surface area (Å²) in [5.74, 6) is -1.25. The highest BCUT2D eigenvalue weighted by atomic mass is 16.4. The Hall–Kier alpha value is -2.18. The normalized spacial score (nSPS) is 17.1. The Morgan fingerprint density at radius 1 is 1.29 bits per heavy atom. The van der Waals surface area contributed by atoms with Gasteiger partial charge in [0.2, 0.25) is 0 Å². The molecule has 0 fully saturated rings. The number of carboxylic acid groups (broad SMARTS) is 1. The minimum atomic E-state index is -1.79. The van der Waals surface area contributed by atoms with Gasteiger partial charge in [0.05, 0.1) is 0 Å². The summed E-state index contributed by atoms with van der Waals surface area (Å²) in [5, 5.41) is 22.3. The Kier molecular flexibility index (Phi) is 1.77. The highest BCUT2D eigenvalue weighted by molar-refractivity contribution is 5.79. The largest absolute Gasteiger partial charge is 0.478 e. The van der Waals surface area contributed by atoms with Gasteiger partial charge >= 0.3 is 11.6 Å². The van der Waals surface area contributed by atoms with Gasteiger partial charge in [0.15, 0.2) is 0 Å². The summed E-state index contributed by atoms with van der Waals surface area (Å²) in [4.78, 5) is 14.8. The van der Waals surface area contributed by atoms with E-state index in [0.717, 1.165) is 0 Å². The van der Waals surface area contributed by atoms with Gasteiger partial charge in [-0.15, -0.1) is 10.2 Å². The summed E-state index contributed by atoms with van der Waals surface area (Å²) in [7, 11) is 0. The van der Waals surface area contributed by atoms with E-state index in [-0.39, 0.29) is 5.69 Å². The number of rotatable bonds is 2. The van der Waals surface area contributed by atoms with E-state index in [1.807, 2.05) is 0 Å². The third-order valence-corrected chi connectivity index (χ3v) is 1.74. The molecule has 1 N–H and O–H groups in total. The standard InChI is InChI=1S/C7H5N5O2/c13-6(14)7(9-11-12-10-7)5-3-1-2-4-8-5/h1-4H,(H,13,14). The maximum atomic E-state index is 11.0. The van der Waals surface area contributed by atoms with Crippen LogP contribution in [0.25, 0.3) is 0 Å². The maximum Gasteiger partial charge on any atom is 0.364 e. The molecule has 1 aliphatic rings. The van der Waals surface area contributed by atoms with E-state index in [9.17, 15) is 4.79 Å². The predicted octanol–water partition coefficient (Wildman–Crippen LogP) is 1.15. The van der Waals surface area contributed by atoms with Gasteiger partial charge in [-0.3, -0.25) is 4.98 Å². The molecule has 0 spiro atoms. The fraction of sp³-hybridized carbons (Fsp3) is 0.143. The van der Waals surface area contributed by atoms with Crippen LogP contribution >= 0.6 is 0 Å². The summed E-state index contributed by atoms with van der Waals surface area (Å²) in [6, 6.07) is 4.83. The number of pyridine rings is 1. The van der Waals surface area contributed by atoms with Gasteiger partial charge in [-0.25, -0.2) is 4.79 Å². The molecule has 0 saturated heterocycles. The summed E-state index contributed by atoms with van der Waals surface area (Å²) >= 11 is 0. The molecule has 0 unspecified atom stereocenters. The number of nitrogens with zero attached hydrogens (tertiary/aromatic N) is 5. The summed E-state index contributed by atoms with van der Waals surface area (Å²) < 4.78 is 0. The third kappa shape index (κ3) is 1.06. The van der Waals surface area contributed by atoms with Crippen molar-refractivity contribution >= 4 is 5.97 Å². The Morgan fingerprint density at radius 2 is 2.00 bits per heavy atom. The van der Waals surface area contributed by atoms with E-state index in [4.69, 9.17) is 5.11 Å². The second kappa shape index (κ2) is 2.95. The number of hydrogen-bond acceptors (Lipinski definition) is 6. The van der Waals surface area contributed by atoms with Crippen LogP contribution in [0, 0.1) is 0 Å². The lowest BCUT2D eigenvalue weighted by Gasteiger charge is -2.12. The van der Waals surface area contributed by atoms with Gasteiger partial charge in [-0.2, -0.15) is 0 Å². The second-order valence-electron chi connectivity index (χ2n) is 2.57. The second-order valence-corrected chi connectivity index (χ2v) is 2.57. The number of aromatic nitrogens is 1. The number of carbonyl (C=O) groups is 1. The van der Waals surface area contributed by atoms with Crippen molar-refractivity contribution in [2.75, 3.05) is 0 Å². The van der Waals surface area contributed by atoms with Crippen molar-refractivity contribution < 1.29 is 9.90 Å². The van der Waals surface area contributed by atoms with Crippen molar-refractivity contribution in [1.29, 1.82) is 0 Å². The van der Waals surface area contributed by atoms with E-state index in [1.54, 1.807) is 12.1 Å². The Balaban J connectivity index is 2.54. The smallest absolute Gasteiger partial charge is 0.364 e. The van der Waals surface area contributed by atoms with E-state index >= 15 is 0 Å². The molecule has 70 valence electrons. The van der Waals surface area contributed by atoms with E-state index in [2.05, 4.69) is 25.7 Å². The van der Waals surface area contributed by atoms with Crippen molar-refractivity contribution in [2.45, 2.75) is 5.66 Å². The van der Waals surface area contributed by atoms with Crippen LogP contribution in [0.15, 0.2) is 45.1 Å². The first kappa shape index (κ1) is 8.42. The maximum absolute atomic E-state index is 11.0. The van der Waals surface area contributed by atoms with Crippen molar-refractivity contribution in [3.05, 3.63) is 30.1 Å². The Labute approximate surface area is 78.2 Å². The van der Waals surface area contributed by atoms with Crippen molar-refractivity contribution in [3.63, 3.8) is 0 Å². The molecule has 7 nitrogen and oxygen atoms in total. The van der Waals surface area contributed by atoms with Gasteiger partial charge in [0, 0.05) is 6.20 Å². The first-order chi connectivity index (χ1) is 6.76. The predicted molar refractivity (Wildman–Crippen MR) is 43.3 cm³/mol. The average Bonchev–Trinajstić information content (AvgIpc) is 2.69. The molecule has 2 heterocycles. The lowest BCUT2D eigenvalue weighted by Crippen LogP contribution is -2.30. The zero-order chi connectivity index (χ0) is 10.0. The molecule has 0 bridgehead atoms. The van der Waals surface area contributed by atoms with E-state index < -0.39 is 11.6 Å². The molecular weight excluding hydrogens is 186 g/mol. The molecule has 0 aromatic carbocycles. The molecule has 0 radical (unpaired) electrons. The average molecular weight is 191 g/mol. The minimum absolute atomic E-state index is 0.192. The van der Waals surface area contributed by atoms with Crippen LogP contribution in [-0.4, -0.2) is 16.1 Å². The molecule has 0 aliphatic carbocycles. The zero-order valence-electron chi connectivity index (χ0n) is 6.90. The van der Waals surface area contributed by atoms with E-state index in [0.29, 0.717) is 0 Å². The van der Waals surface area contributed by atoms with Crippen LogP contribution in [0.5, 0.6) is 0 Å². The molecule has 0 amide bonds. The Bertz CT molecular complexity index is 401.